The molecule has 106 valence electrons. The molecule has 1 aromatic heterocycles. The first-order valence-electron chi connectivity index (χ1n) is 6.18. The van der Waals surface area contributed by atoms with Gasteiger partial charge in [0.1, 0.15) is 16.8 Å². The summed E-state index contributed by atoms with van der Waals surface area (Å²) in [6, 6.07) is 1.60. The highest BCUT2D eigenvalue weighted by Gasteiger charge is 2.05. The Kier molecular flexibility index (Phi) is 7.14. The molecule has 1 amide bonds. The zero-order chi connectivity index (χ0) is 14.1. The van der Waals surface area contributed by atoms with Crippen molar-refractivity contribution in [3.8, 4) is 0 Å². The summed E-state index contributed by atoms with van der Waals surface area (Å²) in [5.74, 6) is 1.12. The molecule has 2 N–H and O–H groups in total. The molecule has 0 bridgehead atoms. The summed E-state index contributed by atoms with van der Waals surface area (Å²) in [6.07, 6.45) is 1.70. The van der Waals surface area contributed by atoms with Crippen LogP contribution in [0.1, 0.15) is 19.2 Å². The van der Waals surface area contributed by atoms with Crippen LogP contribution in [0.4, 0.5) is 5.82 Å². The van der Waals surface area contributed by atoms with E-state index >= 15 is 0 Å². The molecule has 0 saturated heterocycles. The lowest BCUT2D eigenvalue weighted by molar-refractivity contribution is -0.119. The van der Waals surface area contributed by atoms with Crippen LogP contribution < -0.4 is 10.6 Å². The first-order chi connectivity index (χ1) is 9.15. The molecule has 0 aliphatic heterocycles. The molecule has 7 heteroatoms. The number of aromatic nitrogens is 2. The summed E-state index contributed by atoms with van der Waals surface area (Å²) in [6.45, 7) is 3.16. The van der Waals surface area contributed by atoms with E-state index in [1.807, 2.05) is 6.92 Å². The van der Waals surface area contributed by atoms with Gasteiger partial charge in [-0.15, -0.1) is 0 Å². The number of amides is 1. The van der Waals surface area contributed by atoms with Gasteiger partial charge in [-0.2, -0.15) is 0 Å². The third-order valence-electron chi connectivity index (χ3n) is 2.27. The normalized spacial score (nSPS) is 10.3. The van der Waals surface area contributed by atoms with E-state index in [-0.39, 0.29) is 12.5 Å². The van der Waals surface area contributed by atoms with Crippen molar-refractivity contribution in [2.75, 3.05) is 32.1 Å². The van der Waals surface area contributed by atoms with Crippen LogP contribution in [0.25, 0.3) is 0 Å². The highest BCUT2D eigenvalue weighted by Crippen LogP contribution is 2.12. The number of hydrogen-bond donors (Lipinski definition) is 2. The van der Waals surface area contributed by atoms with E-state index < -0.39 is 0 Å². The molecule has 0 radical (unpaired) electrons. The molecule has 0 saturated carbocycles. The van der Waals surface area contributed by atoms with Crippen LogP contribution in [0.5, 0.6) is 0 Å². The average molecular weight is 287 g/mol. The van der Waals surface area contributed by atoms with Gasteiger partial charge in [-0.05, 0) is 6.42 Å². The molecule has 0 aliphatic rings. The van der Waals surface area contributed by atoms with Crippen molar-refractivity contribution in [1.29, 1.82) is 0 Å². The lowest BCUT2D eigenvalue weighted by Gasteiger charge is -2.08. The lowest BCUT2D eigenvalue weighted by Crippen LogP contribution is -2.32. The van der Waals surface area contributed by atoms with E-state index in [9.17, 15) is 4.79 Å². The van der Waals surface area contributed by atoms with Crippen molar-refractivity contribution < 1.29 is 9.53 Å². The summed E-state index contributed by atoms with van der Waals surface area (Å²) in [5.41, 5.74) is 0. The van der Waals surface area contributed by atoms with E-state index in [0.717, 1.165) is 12.8 Å². The molecule has 0 unspecified atom stereocenters. The van der Waals surface area contributed by atoms with Gasteiger partial charge in [0, 0.05) is 26.1 Å². The minimum Gasteiger partial charge on any atom is -0.383 e. The van der Waals surface area contributed by atoms with Crippen LogP contribution >= 0.6 is 11.6 Å². The van der Waals surface area contributed by atoms with Crippen molar-refractivity contribution in [3.63, 3.8) is 0 Å². The van der Waals surface area contributed by atoms with Crippen molar-refractivity contribution >= 4 is 23.3 Å². The van der Waals surface area contributed by atoms with Gasteiger partial charge in [0.2, 0.25) is 5.91 Å². The van der Waals surface area contributed by atoms with Crippen LogP contribution in [0.15, 0.2) is 6.07 Å². The Bertz CT molecular complexity index is 415. The molecule has 1 heterocycles. The van der Waals surface area contributed by atoms with E-state index in [2.05, 4.69) is 20.6 Å². The second kappa shape index (κ2) is 8.66. The Morgan fingerprint density at radius 2 is 2.26 bits per heavy atom. The van der Waals surface area contributed by atoms with Gasteiger partial charge in [-0.25, -0.2) is 9.97 Å². The zero-order valence-corrected chi connectivity index (χ0v) is 12.0. The zero-order valence-electron chi connectivity index (χ0n) is 11.2. The minimum absolute atomic E-state index is 0.121. The quantitative estimate of drug-likeness (QED) is 0.556. The Balaban J connectivity index is 2.45. The topological polar surface area (TPSA) is 76.1 Å². The summed E-state index contributed by atoms with van der Waals surface area (Å²) in [5, 5.41) is 6.00. The number of ether oxygens (including phenoxy) is 1. The highest BCUT2D eigenvalue weighted by molar-refractivity contribution is 6.29. The van der Waals surface area contributed by atoms with Crippen LogP contribution in [0.2, 0.25) is 5.15 Å². The first-order valence-corrected chi connectivity index (χ1v) is 6.56. The largest absolute Gasteiger partial charge is 0.383 e. The number of nitrogens with one attached hydrogen (secondary N) is 2. The van der Waals surface area contributed by atoms with E-state index in [0.29, 0.717) is 29.9 Å². The number of rotatable bonds is 8. The number of methoxy groups -OCH3 is 1. The summed E-state index contributed by atoms with van der Waals surface area (Å²) in [4.78, 5) is 19.9. The maximum atomic E-state index is 11.5. The maximum absolute atomic E-state index is 11.5. The van der Waals surface area contributed by atoms with E-state index in [1.165, 1.54) is 0 Å². The van der Waals surface area contributed by atoms with Gasteiger partial charge in [-0.1, -0.05) is 18.5 Å². The van der Waals surface area contributed by atoms with Crippen LogP contribution in [-0.4, -0.2) is 42.7 Å². The SMILES string of the molecule is CCCc1nc(Cl)cc(NCC(=O)NCCOC)n1. The minimum atomic E-state index is -0.121. The summed E-state index contributed by atoms with van der Waals surface area (Å²) < 4.78 is 4.84. The molecule has 1 rings (SSSR count). The third-order valence-corrected chi connectivity index (χ3v) is 2.47. The smallest absolute Gasteiger partial charge is 0.239 e. The number of carbonyl (C=O) groups is 1. The molecule has 6 nitrogen and oxygen atoms in total. The summed E-state index contributed by atoms with van der Waals surface area (Å²) >= 11 is 5.90. The first kappa shape index (κ1) is 15.7. The monoisotopic (exact) mass is 286 g/mol. The van der Waals surface area contributed by atoms with Gasteiger partial charge in [-0.3, -0.25) is 4.79 Å². The number of hydrogen-bond acceptors (Lipinski definition) is 5. The van der Waals surface area contributed by atoms with E-state index in [1.54, 1.807) is 13.2 Å². The molecule has 0 aliphatic carbocycles. The Hall–Kier alpha value is -1.40. The molecule has 0 fully saturated rings. The van der Waals surface area contributed by atoms with Gasteiger partial charge in [0.05, 0.1) is 13.2 Å². The number of nitrogens with zero attached hydrogens (tertiary/aromatic N) is 2. The molecular formula is C12H19ClN4O2. The Labute approximate surface area is 117 Å². The maximum Gasteiger partial charge on any atom is 0.239 e. The van der Waals surface area contributed by atoms with Gasteiger partial charge < -0.3 is 15.4 Å². The Morgan fingerprint density at radius 3 is 2.95 bits per heavy atom. The molecular weight excluding hydrogens is 268 g/mol. The second-order valence-electron chi connectivity index (χ2n) is 3.94. The van der Waals surface area contributed by atoms with Crippen molar-refractivity contribution in [2.45, 2.75) is 19.8 Å². The number of aryl methyl sites for hydroxylation is 1. The van der Waals surface area contributed by atoms with Crippen molar-refractivity contribution in [2.24, 2.45) is 0 Å². The summed E-state index contributed by atoms with van der Waals surface area (Å²) in [7, 11) is 1.59. The van der Waals surface area contributed by atoms with Gasteiger partial charge >= 0.3 is 0 Å². The fraction of sp³-hybridized carbons (Fsp3) is 0.583. The fourth-order valence-electron chi connectivity index (χ4n) is 1.42. The Morgan fingerprint density at radius 1 is 1.47 bits per heavy atom. The van der Waals surface area contributed by atoms with Gasteiger partial charge in [0.15, 0.2) is 0 Å². The third kappa shape index (κ3) is 6.35. The fourth-order valence-corrected chi connectivity index (χ4v) is 1.62. The van der Waals surface area contributed by atoms with Crippen molar-refractivity contribution in [3.05, 3.63) is 17.0 Å². The number of carbonyl (C=O) groups excluding carboxylic acids is 1. The van der Waals surface area contributed by atoms with Crippen LogP contribution in [-0.2, 0) is 16.0 Å². The number of halogens is 1. The van der Waals surface area contributed by atoms with Crippen LogP contribution in [0.3, 0.4) is 0 Å². The molecule has 1 aromatic rings. The number of anilines is 1. The molecule has 19 heavy (non-hydrogen) atoms. The van der Waals surface area contributed by atoms with Crippen LogP contribution in [0, 0.1) is 0 Å². The molecule has 0 aromatic carbocycles. The lowest BCUT2D eigenvalue weighted by atomic mass is 10.3. The van der Waals surface area contributed by atoms with E-state index in [4.69, 9.17) is 16.3 Å². The second-order valence-corrected chi connectivity index (χ2v) is 4.33. The van der Waals surface area contributed by atoms with Gasteiger partial charge in [0.25, 0.3) is 0 Å². The predicted molar refractivity (Wildman–Crippen MR) is 74.4 cm³/mol. The highest BCUT2D eigenvalue weighted by atomic mass is 35.5. The van der Waals surface area contributed by atoms with Crippen molar-refractivity contribution in [1.82, 2.24) is 15.3 Å². The molecule has 0 atom stereocenters. The standard InChI is InChI=1S/C12H19ClN4O2/c1-3-4-10-16-9(13)7-11(17-10)15-8-12(18)14-5-6-19-2/h7H,3-6,8H2,1-2H3,(H,14,18)(H,15,16,17). The predicted octanol–water partition coefficient (Wildman–Crippen LogP) is 1.26. The molecule has 0 spiro atoms. The average Bonchev–Trinajstić information content (AvgIpc) is 2.36.